The predicted molar refractivity (Wildman–Crippen MR) is 53.7 cm³/mol. The molecule has 0 amide bonds. The van der Waals surface area contributed by atoms with Crippen molar-refractivity contribution >= 4 is 0 Å². The normalized spacial score (nSPS) is 11.0. The maximum absolute atomic E-state index is 5.28. The van der Waals surface area contributed by atoms with Gasteiger partial charge in [0, 0.05) is 6.42 Å². The minimum Gasteiger partial charge on any atom is -0.470 e. The second kappa shape index (κ2) is 6.96. The van der Waals surface area contributed by atoms with E-state index in [0.29, 0.717) is 5.92 Å². The fourth-order valence-corrected chi connectivity index (χ4v) is 0.726. The summed E-state index contributed by atoms with van der Waals surface area (Å²) in [6.45, 7) is 10.2. The Balaban J connectivity index is 3.43. The summed E-state index contributed by atoms with van der Waals surface area (Å²) in [7, 11) is 0. The molecule has 0 aliphatic carbocycles. The molecule has 0 unspecified atom stereocenters. The van der Waals surface area contributed by atoms with E-state index in [9.17, 15) is 0 Å². The molecule has 0 aliphatic rings. The van der Waals surface area contributed by atoms with Crippen molar-refractivity contribution in [1.82, 2.24) is 0 Å². The Hall–Kier alpha value is -0.720. The molecule has 0 fully saturated rings. The molecule has 0 atom stereocenters. The molecule has 0 aromatic rings. The maximum atomic E-state index is 5.28. The van der Waals surface area contributed by atoms with Gasteiger partial charge in [-0.15, -0.1) is 0 Å². The van der Waals surface area contributed by atoms with Gasteiger partial charge in [0.1, 0.15) is 0 Å². The second-order valence-electron chi connectivity index (χ2n) is 3.33. The Morgan fingerprint density at radius 2 is 2.17 bits per heavy atom. The van der Waals surface area contributed by atoms with Crippen LogP contribution in [0.25, 0.3) is 0 Å². The Labute approximate surface area is 76.1 Å². The van der Waals surface area contributed by atoms with Crippen LogP contribution in [0.3, 0.4) is 0 Å². The van der Waals surface area contributed by atoms with Gasteiger partial charge in [0.15, 0.2) is 0 Å². The maximum Gasteiger partial charge on any atom is 0.0960 e. The molecular formula is C11H20O. The van der Waals surface area contributed by atoms with Gasteiger partial charge in [-0.05, 0) is 18.4 Å². The first kappa shape index (κ1) is 11.3. The summed E-state index contributed by atoms with van der Waals surface area (Å²) in [5, 5.41) is 0. The van der Waals surface area contributed by atoms with Crippen LogP contribution >= 0.6 is 0 Å². The molecule has 12 heavy (non-hydrogen) atoms. The van der Waals surface area contributed by atoms with Crippen molar-refractivity contribution in [2.24, 2.45) is 5.92 Å². The first-order valence-corrected chi connectivity index (χ1v) is 4.68. The van der Waals surface area contributed by atoms with Gasteiger partial charge in [0.05, 0.1) is 12.0 Å². The van der Waals surface area contributed by atoms with Gasteiger partial charge in [-0.25, -0.2) is 0 Å². The zero-order valence-electron chi connectivity index (χ0n) is 8.47. The minimum atomic E-state index is 0.545. The van der Waals surface area contributed by atoms with Crippen molar-refractivity contribution in [3.63, 3.8) is 0 Å². The third-order valence-corrected chi connectivity index (χ3v) is 1.51. The number of allylic oxidation sites excluding steroid dienone is 2. The molecule has 0 saturated heterocycles. The van der Waals surface area contributed by atoms with Crippen LogP contribution in [0.4, 0.5) is 0 Å². The van der Waals surface area contributed by atoms with Crippen molar-refractivity contribution < 1.29 is 4.74 Å². The van der Waals surface area contributed by atoms with Crippen molar-refractivity contribution in [2.45, 2.75) is 40.0 Å². The monoisotopic (exact) mass is 168 g/mol. The lowest BCUT2D eigenvalue weighted by atomic mass is 10.2. The van der Waals surface area contributed by atoms with Gasteiger partial charge < -0.3 is 4.74 Å². The number of hydrogen-bond donors (Lipinski definition) is 0. The average Bonchev–Trinajstić information content (AvgIpc) is 2.00. The highest BCUT2D eigenvalue weighted by atomic mass is 16.5. The number of ether oxygens (including phenoxy) is 1. The van der Waals surface area contributed by atoms with E-state index in [-0.39, 0.29) is 0 Å². The molecule has 0 aromatic carbocycles. The van der Waals surface area contributed by atoms with E-state index in [2.05, 4.69) is 27.4 Å². The van der Waals surface area contributed by atoms with E-state index in [4.69, 9.17) is 4.74 Å². The lowest BCUT2D eigenvalue weighted by Crippen LogP contribution is -1.85. The molecule has 70 valence electrons. The van der Waals surface area contributed by atoms with E-state index in [1.165, 1.54) is 6.42 Å². The summed E-state index contributed by atoms with van der Waals surface area (Å²) in [5.41, 5.74) is 0. The SMILES string of the molecule is C=C(CCCC)O/C=C\C(C)C. The summed E-state index contributed by atoms with van der Waals surface area (Å²) in [6.07, 6.45) is 7.09. The van der Waals surface area contributed by atoms with Gasteiger partial charge >= 0.3 is 0 Å². The third kappa shape index (κ3) is 7.39. The van der Waals surface area contributed by atoms with Crippen molar-refractivity contribution in [3.05, 3.63) is 24.7 Å². The molecule has 0 aliphatic heterocycles. The summed E-state index contributed by atoms with van der Waals surface area (Å²) in [4.78, 5) is 0. The molecule has 0 rings (SSSR count). The van der Waals surface area contributed by atoms with E-state index >= 15 is 0 Å². The fourth-order valence-electron chi connectivity index (χ4n) is 0.726. The Bertz CT molecular complexity index is 145. The lowest BCUT2D eigenvalue weighted by molar-refractivity contribution is 0.329. The number of rotatable bonds is 6. The molecular weight excluding hydrogens is 148 g/mol. The van der Waals surface area contributed by atoms with Gasteiger partial charge in [0.25, 0.3) is 0 Å². The van der Waals surface area contributed by atoms with E-state index in [1.54, 1.807) is 6.26 Å². The summed E-state index contributed by atoms with van der Waals surface area (Å²) >= 11 is 0. The standard InChI is InChI=1S/C11H20O/c1-5-6-7-11(4)12-9-8-10(2)3/h8-10H,4-7H2,1-3H3/b9-8-. The van der Waals surface area contributed by atoms with Crippen LogP contribution < -0.4 is 0 Å². The molecule has 0 aromatic heterocycles. The van der Waals surface area contributed by atoms with E-state index in [0.717, 1.165) is 18.6 Å². The highest BCUT2D eigenvalue weighted by Crippen LogP contribution is 2.07. The van der Waals surface area contributed by atoms with Gasteiger partial charge in [0.2, 0.25) is 0 Å². The zero-order valence-corrected chi connectivity index (χ0v) is 8.47. The first-order valence-electron chi connectivity index (χ1n) is 4.68. The molecule has 0 saturated carbocycles. The number of hydrogen-bond acceptors (Lipinski definition) is 1. The molecule has 0 bridgehead atoms. The van der Waals surface area contributed by atoms with Crippen molar-refractivity contribution in [3.8, 4) is 0 Å². The average molecular weight is 168 g/mol. The van der Waals surface area contributed by atoms with Gasteiger partial charge in [-0.1, -0.05) is 33.8 Å². The van der Waals surface area contributed by atoms with Crippen LogP contribution in [-0.2, 0) is 4.74 Å². The zero-order chi connectivity index (χ0) is 9.40. The fraction of sp³-hybridized carbons (Fsp3) is 0.636. The molecule has 1 heteroatoms. The lowest BCUT2D eigenvalue weighted by Gasteiger charge is -2.03. The number of unbranched alkanes of at least 4 members (excludes halogenated alkanes) is 1. The third-order valence-electron chi connectivity index (χ3n) is 1.51. The van der Waals surface area contributed by atoms with Crippen LogP contribution in [0, 0.1) is 5.92 Å². The van der Waals surface area contributed by atoms with Crippen LogP contribution in [0.5, 0.6) is 0 Å². The first-order chi connectivity index (χ1) is 5.66. The van der Waals surface area contributed by atoms with Crippen LogP contribution in [0.15, 0.2) is 24.7 Å². The van der Waals surface area contributed by atoms with E-state index < -0.39 is 0 Å². The highest BCUT2D eigenvalue weighted by Gasteiger charge is 1.91. The van der Waals surface area contributed by atoms with Crippen LogP contribution in [-0.4, -0.2) is 0 Å². The Kier molecular flexibility index (Phi) is 6.54. The van der Waals surface area contributed by atoms with Gasteiger partial charge in [-0.3, -0.25) is 0 Å². The summed E-state index contributed by atoms with van der Waals surface area (Å²) in [6, 6.07) is 0. The predicted octanol–water partition coefficient (Wildman–Crippen LogP) is 3.88. The Morgan fingerprint density at radius 3 is 2.67 bits per heavy atom. The summed E-state index contributed by atoms with van der Waals surface area (Å²) in [5.74, 6) is 1.41. The van der Waals surface area contributed by atoms with Crippen molar-refractivity contribution in [2.75, 3.05) is 0 Å². The highest BCUT2D eigenvalue weighted by molar-refractivity contribution is 4.87. The quantitative estimate of drug-likeness (QED) is 0.547. The second-order valence-corrected chi connectivity index (χ2v) is 3.33. The molecule has 0 spiro atoms. The smallest absolute Gasteiger partial charge is 0.0960 e. The van der Waals surface area contributed by atoms with Gasteiger partial charge in [-0.2, -0.15) is 0 Å². The molecule has 0 heterocycles. The molecule has 1 nitrogen and oxygen atoms in total. The van der Waals surface area contributed by atoms with Crippen molar-refractivity contribution in [1.29, 1.82) is 0 Å². The summed E-state index contributed by atoms with van der Waals surface area (Å²) < 4.78 is 5.28. The van der Waals surface area contributed by atoms with Crippen LogP contribution in [0.1, 0.15) is 40.0 Å². The minimum absolute atomic E-state index is 0.545. The topological polar surface area (TPSA) is 9.23 Å². The van der Waals surface area contributed by atoms with E-state index in [1.807, 2.05) is 6.08 Å². The largest absolute Gasteiger partial charge is 0.470 e. The van der Waals surface area contributed by atoms with Crippen LogP contribution in [0.2, 0.25) is 0 Å². The molecule has 0 radical (unpaired) electrons. The Morgan fingerprint density at radius 1 is 1.50 bits per heavy atom. The molecule has 0 N–H and O–H groups in total.